The minimum Gasteiger partial charge on any atom is -0.487 e. The number of carbonyl (C=O) groups is 2. The molecule has 3 rings (SSSR count). The number of halogens is 5. The molecule has 0 bridgehead atoms. The molecule has 2 aromatic rings. The van der Waals surface area contributed by atoms with Crippen molar-refractivity contribution in [2.24, 2.45) is 0 Å². The van der Waals surface area contributed by atoms with Gasteiger partial charge in [-0.25, -0.2) is 13.5 Å². The van der Waals surface area contributed by atoms with Gasteiger partial charge in [-0.1, -0.05) is 13.0 Å². The highest BCUT2D eigenvalue weighted by atomic mass is 32.2. The smallest absolute Gasteiger partial charge is 0.389 e. The van der Waals surface area contributed by atoms with Crippen LogP contribution < -0.4 is 15.4 Å². The van der Waals surface area contributed by atoms with E-state index in [1.54, 1.807) is 24.5 Å². The summed E-state index contributed by atoms with van der Waals surface area (Å²) in [5.41, 5.74) is 2.01. The molecule has 37 heavy (non-hydrogen) atoms. The third-order valence-electron chi connectivity index (χ3n) is 5.68. The first kappa shape index (κ1) is 28.7. The van der Waals surface area contributed by atoms with E-state index in [-0.39, 0.29) is 42.3 Å². The van der Waals surface area contributed by atoms with E-state index in [9.17, 15) is 31.5 Å². The fraction of sp³-hybridized carbons (Fsp3) is 0.542. The quantitative estimate of drug-likeness (QED) is 0.380. The minimum absolute atomic E-state index is 0.0760. The molecule has 7 nitrogen and oxygen atoms in total. The number of aryl methyl sites for hydroxylation is 2. The largest absolute Gasteiger partial charge is 0.487 e. The standard InChI is InChI=1S/C24H29F5N4O3S/c1-4-14-10-15(36-13-23(2,25)26)6-7-16(14)17-11-18-20(22(35)30-17)21(31-19(34)12-37-3)33(32-18)9-5-8-24(27,28)29/h6-7,10,17H,4-5,8-9,11-13H2,1-3H3,(H,30,35)(H,31,34)/t17-/m1/s1. The highest BCUT2D eigenvalue weighted by Gasteiger charge is 2.34. The van der Waals surface area contributed by atoms with Crippen LogP contribution >= 0.6 is 11.8 Å². The van der Waals surface area contributed by atoms with Crippen LogP contribution in [-0.4, -0.2) is 52.3 Å². The second-order valence-corrected chi connectivity index (χ2v) is 9.76. The number of aromatic nitrogens is 2. The number of hydrogen-bond donors (Lipinski definition) is 2. The molecule has 1 aromatic carbocycles. The van der Waals surface area contributed by atoms with Crippen LogP contribution in [0.2, 0.25) is 0 Å². The van der Waals surface area contributed by atoms with Crippen LogP contribution in [0, 0.1) is 0 Å². The Labute approximate surface area is 215 Å². The molecule has 0 unspecified atom stereocenters. The summed E-state index contributed by atoms with van der Waals surface area (Å²) in [6, 6.07) is 4.38. The Morgan fingerprint density at radius 3 is 2.65 bits per heavy atom. The summed E-state index contributed by atoms with van der Waals surface area (Å²) in [6.45, 7) is 1.74. The maximum absolute atomic E-state index is 13.2. The van der Waals surface area contributed by atoms with Crippen molar-refractivity contribution < 1.29 is 36.3 Å². The van der Waals surface area contributed by atoms with Crippen LogP contribution in [-0.2, 0) is 24.2 Å². The number of amides is 2. The lowest BCUT2D eigenvalue weighted by Gasteiger charge is -2.26. The van der Waals surface area contributed by atoms with E-state index in [4.69, 9.17) is 4.74 Å². The zero-order valence-corrected chi connectivity index (χ0v) is 21.5. The van der Waals surface area contributed by atoms with Crippen LogP contribution in [0.1, 0.15) is 59.9 Å². The number of ether oxygens (including phenoxy) is 1. The summed E-state index contributed by atoms with van der Waals surface area (Å²) < 4.78 is 70.9. The van der Waals surface area contributed by atoms with E-state index in [2.05, 4.69) is 15.7 Å². The number of benzene rings is 1. The molecular formula is C24H29F5N4O3S. The van der Waals surface area contributed by atoms with E-state index >= 15 is 0 Å². The first-order chi connectivity index (χ1) is 17.3. The molecule has 0 aliphatic carbocycles. The van der Waals surface area contributed by atoms with Gasteiger partial charge < -0.3 is 15.4 Å². The molecule has 0 spiro atoms. The SMILES string of the molecule is CCc1cc(OCC(C)(F)F)ccc1[C@H]1Cc2nn(CCCC(F)(F)F)c(NC(=O)CSC)c2C(=O)N1. The van der Waals surface area contributed by atoms with Crippen LogP contribution in [0.15, 0.2) is 18.2 Å². The summed E-state index contributed by atoms with van der Waals surface area (Å²) in [6.07, 6.45) is -3.13. The van der Waals surface area contributed by atoms with Crippen molar-refractivity contribution in [1.82, 2.24) is 15.1 Å². The lowest BCUT2D eigenvalue weighted by Crippen LogP contribution is -2.36. The van der Waals surface area contributed by atoms with Crippen molar-refractivity contribution >= 4 is 29.4 Å². The maximum Gasteiger partial charge on any atom is 0.389 e. The number of nitrogens with zero attached hydrogens (tertiary/aromatic N) is 2. The Morgan fingerprint density at radius 1 is 1.30 bits per heavy atom. The number of hydrogen-bond acceptors (Lipinski definition) is 5. The second-order valence-electron chi connectivity index (χ2n) is 8.90. The molecule has 2 heterocycles. The van der Waals surface area contributed by atoms with Crippen molar-refractivity contribution in [3.8, 4) is 5.75 Å². The van der Waals surface area contributed by atoms with Crippen molar-refractivity contribution in [1.29, 1.82) is 0 Å². The van der Waals surface area contributed by atoms with Crippen molar-refractivity contribution in [3.63, 3.8) is 0 Å². The monoisotopic (exact) mass is 548 g/mol. The van der Waals surface area contributed by atoms with E-state index in [0.717, 1.165) is 18.1 Å². The van der Waals surface area contributed by atoms with E-state index in [1.807, 2.05) is 6.92 Å². The fourth-order valence-electron chi connectivity index (χ4n) is 4.10. The van der Waals surface area contributed by atoms with Crippen LogP contribution in [0.25, 0.3) is 0 Å². The Bertz CT molecular complexity index is 1130. The zero-order valence-electron chi connectivity index (χ0n) is 20.7. The van der Waals surface area contributed by atoms with Gasteiger partial charge in [0, 0.05) is 26.3 Å². The summed E-state index contributed by atoms with van der Waals surface area (Å²) in [7, 11) is 0. The lowest BCUT2D eigenvalue weighted by molar-refractivity contribution is -0.136. The van der Waals surface area contributed by atoms with Gasteiger partial charge in [0.1, 0.15) is 17.1 Å². The van der Waals surface area contributed by atoms with Gasteiger partial charge >= 0.3 is 6.18 Å². The number of nitrogens with one attached hydrogen (secondary N) is 2. The first-order valence-corrected chi connectivity index (χ1v) is 13.1. The third-order valence-corrected chi connectivity index (χ3v) is 6.23. The number of fused-ring (bicyclic) bond motifs is 1. The van der Waals surface area contributed by atoms with Gasteiger partial charge in [-0.05, 0) is 42.4 Å². The predicted octanol–water partition coefficient (Wildman–Crippen LogP) is 5.15. The molecule has 0 saturated heterocycles. The van der Waals surface area contributed by atoms with Gasteiger partial charge in [-0.2, -0.15) is 30.0 Å². The summed E-state index contributed by atoms with van der Waals surface area (Å²) in [4.78, 5) is 25.4. The zero-order chi connectivity index (χ0) is 27.4. The molecule has 13 heteroatoms. The normalized spacial score (nSPS) is 15.8. The molecule has 0 fully saturated rings. The highest BCUT2D eigenvalue weighted by molar-refractivity contribution is 7.99. The molecule has 1 aromatic heterocycles. The van der Waals surface area contributed by atoms with Crippen molar-refractivity contribution in [2.75, 3.05) is 23.9 Å². The number of carbonyl (C=O) groups excluding carboxylic acids is 2. The topological polar surface area (TPSA) is 85.2 Å². The number of alkyl halides is 5. The van der Waals surface area contributed by atoms with Gasteiger partial charge in [-0.15, -0.1) is 0 Å². The highest BCUT2D eigenvalue weighted by Crippen LogP contribution is 2.34. The average molecular weight is 549 g/mol. The first-order valence-electron chi connectivity index (χ1n) is 11.7. The minimum atomic E-state index is -4.34. The van der Waals surface area contributed by atoms with E-state index in [0.29, 0.717) is 12.1 Å². The molecule has 1 aliphatic heterocycles. The van der Waals surface area contributed by atoms with Gasteiger partial charge in [0.15, 0.2) is 6.61 Å². The van der Waals surface area contributed by atoms with Crippen molar-refractivity contribution in [2.45, 2.75) is 64.2 Å². The molecule has 204 valence electrons. The molecule has 2 amide bonds. The molecule has 0 radical (unpaired) electrons. The van der Waals surface area contributed by atoms with Gasteiger partial charge in [0.05, 0.1) is 17.5 Å². The van der Waals surface area contributed by atoms with Gasteiger partial charge in [0.25, 0.3) is 11.8 Å². The molecule has 1 atom stereocenters. The van der Waals surface area contributed by atoms with Crippen LogP contribution in [0.5, 0.6) is 5.75 Å². The lowest BCUT2D eigenvalue weighted by atomic mass is 9.91. The Balaban J connectivity index is 1.88. The molecular weight excluding hydrogens is 519 g/mol. The predicted molar refractivity (Wildman–Crippen MR) is 130 cm³/mol. The van der Waals surface area contributed by atoms with Gasteiger partial charge in [-0.3, -0.25) is 9.59 Å². The third kappa shape index (κ3) is 7.83. The maximum atomic E-state index is 13.2. The summed E-state index contributed by atoms with van der Waals surface area (Å²) in [5.74, 6) is -3.44. The number of thioether (sulfide) groups is 1. The Hall–Kier alpha value is -2.83. The molecule has 2 N–H and O–H groups in total. The van der Waals surface area contributed by atoms with Crippen LogP contribution in [0.3, 0.4) is 0 Å². The van der Waals surface area contributed by atoms with Crippen molar-refractivity contribution in [3.05, 3.63) is 40.6 Å². The summed E-state index contributed by atoms with van der Waals surface area (Å²) >= 11 is 1.26. The summed E-state index contributed by atoms with van der Waals surface area (Å²) in [5, 5.41) is 9.92. The Kier molecular flexibility index (Phi) is 9.09. The second kappa shape index (κ2) is 11.7. The number of anilines is 1. The molecule has 1 aliphatic rings. The van der Waals surface area contributed by atoms with Gasteiger partial charge in [0.2, 0.25) is 5.91 Å². The molecule has 0 saturated carbocycles. The van der Waals surface area contributed by atoms with Crippen LogP contribution in [0.4, 0.5) is 27.8 Å². The van der Waals surface area contributed by atoms with E-state index < -0.39 is 43.0 Å². The fourth-order valence-corrected chi connectivity index (χ4v) is 4.44. The Morgan fingerprint density at radius 2 is 2.03 bits per heavy atom. The van der Waals surface area contributed by atoms with E-state index in [1.165, 1.54) is 16.4 Å². The average Bonchev–Trinajstić information content (AvgIpc) is 3.13. The number of rotatable bonds is 11.